The SMILES string of the molecule is COc1cc(C(=O)NCCC(=O)N2CCc3sccc3C2)ccc1OC(F)F. The molecule has 150 valence electrons. The number of nitrogens with zero attached hydrogens (tertiary/aromatic N) is 1. The summed E-state index contributed by atoms with van der Waals surface area (Å²) in [6.45, 7) is -1.51. The number of fused-ring (bicyclic) bond motifs is 1. The summed E-state index contributed by atoms with van der Waals surface area (Å²) in [6, 6.07) is 5.96. The molecule has 0 radical (unpaired) electrons. The standard InChI is InChI=1S/C19H20F2N2O4S/c1-26-15-10-12(2-3-14(15)27-19(20)21)18(25)22-7-4-17(24)23-8-5-16-13(11-23)6-9-28-16/h2-3,6,9-10,19H,4-5,7-8,11H2,1H3,(H,22,25). The van der Waals surface area contributed by atoms with Crippen LogP contribution in [0.3, 0.4) is 0 Å². The fraction of sp³-hybridized carbons (Fsp3) is 0.368. The van der Waals surface area contributed by atoms with Crippen LogP contribution in [0.1, 0.15) is 27.2 Å². The van der Waals surface area contributed by atoms with E-state index in [0.717, 1.165) is 6.42 Å². The Hall–Kier alpha value is -2.68. The van der Waals surface area contributed by atoms with Gasteiger partial charge in [0.2, 0.25) is 5.91 Å². The van der Waals surface area contributed by atoms with Crippen LogP contribution in [0.4, 0.5) is 8.78 Å². The summed E-state index contributed by atoms with van der Waals surface area (Å²) < 4.78 is 34.0. The fourth-order valence-electron chi connectivity index (χ4n) is 3.01. The Morgan fingerprint density at radius 3 is 2.86 bits per heavy atom. The molecule has 0 unspecified atom stereocenters. The van der Waals surface area contributed by atoms with Crippen molar-refractivity contribution in [2.75, 3.05) is 20.2 Å². The van der Waals surface area contributed by atoms with E-state index in [1.807, 2.05) is 11.4 Å². The van der Waals surface area contributed by atoms with E-state index in [2.05, 4.69) is 10.1 Å². The molecule has 6 nitrogen and oxygen atoms in total. The van der Waals surface area contributed by atoms with Crippen LogP contribution in [-0.4, -0.2) is 43.5 Å². The number of halogens is 2. The van der Waals surface area contributed by atoms with Crippen LogP contribution in [0.25, 0.3) is 0 Å². The van der Waals surface area contributed by atoms with Crippen molar-refractivity contribution in [1.29, 1.82) is 0 Å². The number of carbonyl (C=O) groups is 2. The molecule has 1 aromatic carbocycles. The van der Waals surface area contributed by atoms with E-state index >= 15 is 0 Å². The number of alkyl halides is 2. The van der Waals surface area contributed by atoms with E-state index in [0.29, 0.717) is 13.1 Å². The van der Waals surface area contributed by atoms with Gasteiger partial charge in [-0.3, -0.25) is 9.59 Å². The van der Waals surface area contributed by atoms with E-state index in [1.165, 1.54) is 35.7 Å². The van der Waals surface area contributed by atoms with Gasteiger partial charge in [-0.2, -0.15) is 8.78 Å². The van der Waals surface area contributed by atoms with Gasteiger partial charge >= 0.3 is 6.61 Å². The van der Waals surface area contributed by atoms with Crippen molar-refractivity contribution < 1.29 is 27.8 Å². The van der Waals surface area contributed by atoms with Crippen LogP contribution < -0.4 is 14.8 Å². The molecule has 0 saturated carbocycles. The molecule has 0 fully saturated rings. The Balaban J connectivity index is 1.51. The van der Waals surface area contributed by atoms with Crippen molar-refractivity contribution in [2.24, 2.45) is 0 Å². The third-order valence-corrected chi connectivity index (χ3v) is 5.45. The molecule has 0 spiro atoms. The van der Waals surface area contributed by atoms with Crippen molar-refractivity contribution in [2.45, 2.75) is 26.0 Å². The topological polar surface area (TPSA) is 67.9 Å². The Morgan fingerprint density at radius 2 is 2.11 bits per heavy atom. The van der Waals surface area contributed by atoms with Gasteiger partial charge in [-0.25, -0.2) is 0 Å². The summed E-state index contributed by atoms with van der Waals surface area (Å²) in [5, 5.41) is 4.70. The number of nitrogens with one attached hydrogen (secondary N) is 1. The Morgan fingerprint density at radius 1 is 1.29 bits per heavy atom. The molecule has 2 heterocycles. The molecule has 0 bridgehead atoms. The predicted molar refractivity (Wildman–Crippen MR) is 100 cm³/mol. The molecule has 0 aliphatic carbocycles. The highest BCUT2D eigenvalue weighted by atomic mass is 32.1. The number of thiophene rings is 1. The lowest BCUT2D eigenvalue weighted by molar-refractivity contribution is -0.131. The van der Waals surface area contributed by atoms with Crippen LogP contribution >= 0.6 is 11.3 Å². The number of rotatable bonds is 7. The summed E-state index contributed by atoms with van der Waals surface area (Å²) in [7, 11) is 1.30. The van der Waals surface area contributed by atoms with Crippen molar-refractivity contribution >= 4 is 23.2 Å². The smallest absolute Gasteiger partial charge is 0.387 e. The van der Waals surface area contributed by atoms with Gasteiger partial charge in [0.05, 0.1) is 7.11 Å². The molecule has 2 amide bonds. The molecule has 3 rings (SSSR count). The van der Waals surface area contributed by atoms with Gasteiger partial charge in [0.25, 0.3) is 5.91 Å². The number of hydrogen-bond acceptors (Lipinski definition) is 5. The first-order valence-electron chi connectivity index (χ1n) is 8.72. The molecule has 28 heavy (non-hydrogen) atoms. The second-order valence-corrected chi connectivity index (χ2v) is 7.19. The summed E-state index contributed by atoms with van der Waals surface area (Å²) in [5.41, 5.74) is 1.42. The van der Waals surface area contributed by atoms with Crippen LogP contribution in [0.2, 0.25) is 0 Å². The summed E-state index contributed by atoms with van der Waals surface area (Å²) in [4.78, 5) is 27.7. The molecular weight excluding hydrogens is 390 g/mol. The third kappa shape index (κ3) is 4.78. The molecule has 2 aromatic rings. The van der Waals surface area contributed by atoms with Crippen molar-refractivity contribution in [3.63, 3.8) is 0 Å². The maximum absolute atomic E-state index is 12.4. The number of ether oxygens (including phenoxy) is 2. The minimum atomic E-state index is -2.99. The minimum absolute atomic E-state index is 0.0181. The van der Waals surface area contributed by atoms with E-state index in [4.69, 9.17) is 4.74 Å². The quantitative estimate of drug-likeness (QED) is 0.762. The van der Waals surface area contributed by atoms with Crippen LogP contribution in [0, 0.1) is 0 Å². The van der Waals surface area contributed by atoms with Crippen molar-refractivity contribution in [3.05, 3.63) is 45.6 Å². The Labute approximate surface area is 165 Å². The average molecular weight is 410 g/mol. The highest BCUT2D eigenvalue weighted by molar-refractivity contribution is 7.10. The molecule has 0 atom stereocenters. The molecular formula is C19H20F2N2O4S. The van der Waals surface area contributed by atoms with E-state index < -0.39 is 12.5 Å². The van der Waals surface area contributed by atoms with Gasteiger partial charge in [-0.15, -0.1) is 11.3 Å². The van der Waals surface area contributed by atoms with Gasteiger partial charge < -0.3 is 19.7 Å². The maximum Gasteiger partial charge on any atom is 0.387 e. The van der Waals surface area contributed by atoms with Crippen LogP contribution in [0.5, 0.6) is 11.5 Å². The number of amides is 2. The zero-order chi connectivity index (χ0) is 20.1. The van der Waals surface area contributed by atoms with Crippen LogP contribution in [0.15, 0.2) is 29.6 Å². The molecule has 0 saturated heterocycles. The lowest BCUT2D eigenvalue weighted by Gasteiger charge is -2.27. The molecule has 1 aliphatic rings. The highest BCUT2D eigenvalue weighted by Gasteiger charge is 2.21. The zero-order valence-corrected chi connectivity index (χ0v) is 16.1. The fourth-order valence-corrected chi connectivity index (χ4v) is 3.90. The van der Waals surface area contributed by atoms with Gasteiger partial charge in [-0.05, 0) is 41.6 Å². The van der Waals surface area contributed by atoms with Crippen molar-refractivity contribution in [1.82, 2.24) is 10.2 Å². The van der Waals surface area contributed by atoms with Gasteiger partial charge in [0.15, 0.2) is 11.5 Å². The first kappa shape index (κ1) is 20.1. The Bertz CT molecular complexity index is 856. The number of methoxy groups -OCH3 is 1. The largest absolute Gasteiger partial charge is 0.493 e. The van der Waals surface area contributed by atoms with E-state index in [9.17, 15) is 18.4 Å². The lowest BCUT2D eigenvalue weighted by atomic mass is 10.1. The second kappa shape index (κ2) is 9.01. The lowest BCUT2D eigenvalue weighted by Crippen LogP contribution is -2.37. The first-order valence-corrected chi connectivity index (χ1v) is 9.60. The predicted octanol–water partition coefficient (Wildman–Crippen LogP) is 3.06. The minimum Gasteiger partial charge on any atom is -0.493 e. The van der Waals surface area contributed by atoms with Gasteiger partial charge in [0, 0.05) is 36.5 Å². The average Bonchev–Trinajstić information content (AvgIpc) is 3.15. The first-order chi connectivity index (χ1) is 13.5. The number of carbonyl (C=O) groups excluding carboxylic acids is 2. The molecule has 1 aliphatic heterocycles. The molecule has 1 N–H and O–H groups in total. The van der Waals surface area contributed by atoms with E-state index in [1.54, 1.807) is 16.2 Å². The summed E-state index contributed by atoms with van der Waals surface area (Å²) >= 11 is 1.71. The summed E-state index contributed by atoms with van der Waals surface area (Å²) in [5.74, 6) is -0.560. The zero-order valence-electron chi connectivity index (χ0n) is 15.2. The normalized spacial score (nSPS) is 13.2. The van der Waals surface area contributed by atoms with Crippen LogP contribution in [-0.2, 0) is 17.8 Å². The highest BCUT2D eigenvalue weighted by Crippen LogP contribution is 2.29. The maximum atomic E-state index is 12.4. The summed E-state index contributed by atoms with van der Waals surface area (Å²) in [6.07, 6.45) is 1.05. The molecule has 9 heteroatoms. The Kier molecular flexibility index (Phi) is 6.45. The van der Waals surface area contributed by atoms with E-state index in [-0.39, 0.29) is 35.9 Å². The van der Waals surface area contributed by atoms with Crippen molar-refractivity contribution in [3.8, 4) is 11.5 Å². The third-order valence-electron chi connectivity index (χ3n) is 4.43. The van der Waals surface area contributed by atoms with Gasteiger partial charge in [-0.1, -0.05) is 0 Å². The second-order valence-electron chi connectivity index (χ2n) is 6.18. The van der Waals surface area contributed by atoms with Gasteiger partial charge in [0.1, 0.15) is 0 Å². The number of benzene rings is 1. The monoisotopic (exact) mass is 410 g/mol. The number of hydrogen-bond donors (Lipinski definition) is 1. The molecule has 1 aromatic heterocycles.